The van der Waals surface area contributed by atoms with E-state index in [4.69, 9.17) is 9.47 Å². The second-order valence-electron chi connectivity index (χ2n) is 7.85. The maximum absolute atomic E-state index is 12.6. The van der Waals surface area contributed by atoms with Gasteiger partial charge in [0.15, 0.2) is 6.10 Å². The van der Waals surface area contributed by atoms with Gasteiger partial charge in [0.05, 0.1) is 18.7 Å². The number of methoxy groups -OCH3 is 1. The number of carbonyl (C=O) groups is 3. The van der Waals surface area contributed by atoms with Gasteiger partial charge < -0.3 is 19.7 Å². The SMILES string of the molecule is COc1ccccc1N1C[C@H](C(=O)O[C@H](C)C(=O)NC2CCCCCC2)CC1=O. The van der Waals surface area contributed by atoms with Gasteiger partial charge in [-0.15, -0.1) is 0 Å². The zero-order valence-electron chi connectivity index (χ0n) is 17.2. The molecule has 1 N–H and O–H groups in total. The van der Waals surface area contributed by atoms with Crippen LogP contribution in [0.3, 0.4) is 0 Å². The van der Waals surface area contributed by atoms with Crippen LogP contribution in [0, 0.1) is 5.92 Å². The first-order chi connectivity index (χ1) is 14.0. The normalized spacial score (nSPS) is 21.4. The molecular formula is C22H30N2O5. The molecular weight excluding hydrogens is 372 g/mol. The highest BCUT2D eigenvalue weighted by molar-refractivity contribution is 6.00. The first kappa shape index (κ1) is 21.1. The van der Waals surface area contributed by atoms with Gasteiger partial charge in [-0.25, -0.2) is 0 Å². The average Bonchev–Trinajstić information content (AvgIpc) is 2.93. The fourth-order valence-electron chi connectivity index (χ4n) is 4.02. The van der Waals surface area contributed by atoms with Crippen LogP contribution in [0.4, 0.5) is 5.69 Å². The molecule has 0 unspecified atom stereocenters. The predicted molar refractivity (Wildman–Crippen MR) is 109 cm³/mol. The number of para-hydroxylation sites is 2. The number of amides is 2. The van der Waals surface area contributed by atoms with Crippen LogP contribution in [0.25, 0.3) is 0 Å². The molecule has 158 valence electrons. The zero-order valence-corrected chi connectivity index (χ0v) is 17.2. The molecule has 1 heterocycles. The third kappa shape index (κ3) is 5.28. The van der Waals surface area contributed by atoms with Crippen LogP contribution in [0.2, 0.25) is 0 Å². The molecule has 2 atom stereocenters. The Morgan fingerprint density at radius 2 is 1.83 bits per heavy atom. The topological polar surface area (TPSA) is 84.9 Å². The van der Waals surface area contributed by atoms with Crippen molar-refractivity contribution in [3.63, 3.8) is 0 Å². The van der Waals surface area contributed by atoms with Crippen molar-refractivity contribution in [2.24, 2.45) is 5.92 Å². The summed E-state index contributed by atoms with van der Waals surface area (Å²) in [5, 5.41) is 3.00. The molecule has 1 aliphatic heterocycles. The van der Waals surface area contributed by atoms with Gasteiger partial charge in [-0.05, 0) is 31.9 Å². The average molecular weight is 402 g/mol. The largest absolute Gasteiger partial charge is 0.495 e. The van der Waals surface area contributed by atoms with Crippen molar-refractivity contribution < 1.29 is 23.9 Å². The van der Waals surface area contributed by atoms with Crippen LogP contribution in [0.5, 0.6) is 5.75 Å². The van der Waals surface area contributed by atoms with Crippen LogP contribution >= 0.6 is 0 Å². The van der Waals surface area contributed by atoms with Crippen molar-refractivity contribution in [3.05, 3.63) is 24.3 Å². The van der Waals surface area contributed by atoms with Gasteiger partial charge in [0.25, 0.3) is 5.91 Å². The minimum absolute atomic E-state index is 0.0633. The van der Waals surface area contributed by atoms with Crippen molar-refractivity contribution in [1.82, 2.24) is 5.32 Å². The van der Waals surface area contributed by atoms with Crippen molar-refractivity contribution in [3.8, 4) is 5.75 Å². The third-order valence-electron chi connectivity index (χ3n) is 5.70. The van der Waals surface area contributed by atoms with E-state index < -0.39 is 18.0 Å². The second kappa shape index (κ2) is 9.76. The van der Waals surface area contributed by atoms with Gasteiger partial charge in [-0.1, -0.05) is 37.8 Å². The second-order valence-corrected chi connectivity index (χ2v) is 7.85. The van der Waals surface area contributed by atoms with E-state index in [9.17, 15) is 14.4 Å². The first-order valence-electron chi connectivity index (χ1n) is 10.4. The summed E-state index contributed by atoms with van der Waals surface area (Å²) in [6.45, 7) is 1.80. The van der Waals surface area contributed by atoms with Crippen molar-refractivity contribution in [1.29, 1.82) is 0 Å². The Morgan fingerprint density at radius 3 is 2.52 bits per heavy atom. The van der Waals surface area contributed by atoms with E-state index >= 15 is 0 Å². The minimum Gasteiger partial charge on any atom is -0.495 e. The fraction of sp³-hybridized carbons (Fsp3) is 0.591. The molecule has 0 radical (unpaired) electrons. The molecule has 1 saturated heterocycles. The van der Waals surface area contributed by atoms with E-state index in [1.54, 1.807) is 31.1 Å². The molecule has 2 fully saturated rings. The summed E-state index contributed by atoms with van der Waals surface area (Å²) in [5.74, 6) is -0.964. The number of carbonyl (C=O) groups excluding carboxylic acids is 3. The Labute approximate surface area is 171 Å². The molecule has 7 nitrogen and oxygen atoms in total. The quantitative estimate of drug-likeness (QED) is 0.584. The number of esters is 1. The monoisotopic (exact) mass is 402 g/mol. The van der Waals surface area contributed by atoms with Gasteiger partial charge in [0.1, 0.15) is 5.75 Å². The fourth-order valence-corrected chi connectivity index (χ4v) is 4.02. The highest BCUT2D eigenvalue weighted by Gasteiger charge is 2.38. The molecule has 29 heavy (non-hydrogen) atoms. The van der Waals surface area contributed by atoms with E-state index in [-0.39, 0.29) is 30.8 Å². The lowest BCUT2D eigenvalue weighted by atomic mass is 10.1. The van der Waals surface area contributed by atoms with Gasteiger partial charge in [-0.3, -0.25) is 14.4 Å². The Morgan fingerprint density at radius 1 is 1.14 bits per heavy atom. The number of hydrogen-bond acceptors (Lipinski definition) is 5. The van der Waals surface area contributed by atoms with E-state index in [2.05, 4.69) is 5.32 Å². The summed E-state index contributed by atoms with van der Waals surface area (Å²) < 4.78 is 10.7. The van der Waals surface area contributed by atoms with Gasteiger partial charge in [-0.2, -0.15) is 0 Å². The molecule has 1 aromatic rings. The molecule has 0 bridgehead atoms. The van der Waals surface area contributed by atoms with Crippen LogP contribution < -0.4 is 15.0 Å². The standard InChI is InChI=1S/C22H30N2O5/c1-15(21(26)23-17-9-5-3-4-6-10-17)29-22(27)16-13-20(25)24(14-16)18-11-7-8-12-19(18)28-2/h7-8,11-12,15-17H,3-6,9-10,13-14H2,1-2H3,(H,23,26)/t15-,16-/m1/s1. The summed E-state index contributed by atoms with van der Waals surface area (Å²) >= 11 is 0. The zero-order chi connectivity index (χ0) is 20.8. The van der Waals surface area contributed by atoms with E-state index in [0.717, 1.165) is 25.7 Å². The van der Waals surface area contributed by atoms with Gasteiger partial charge in [0.2, 0.25) is 5.91 Å². The molecule has 1 saturated carbocycles. The number of nitrogens with zero attached hydrogens (tertiary/aromatic N) is 1. The Bertz CT molecular complexity index is 742. The summed E-state index contributed by atoms with van der Waals surface area (Å²) in [6, 6.07) is 7.35. The number of ether oxygens (including phenoxy) is 2. The highest BCUT2D eigenvalue weighted by Crippen LogP contribution is 2.33. The number of benzene rings is 1. The van der Waals surface area contributed by atoms with Crippen molar-refractivity contribution >= 4 is 23.5 Å². The third-order valence-corrected chi connectivity index (χ3v) is 5.70. The maximum Gasteiger partial charge on any atom is 0.312 e. The lowest BCUT2D eigenvalue weighted by Crippen LogP contribution is -2.42. The van der Waals surface area contributed by atoms with Gasteiger partial charge in [0, 0.05) is 19.0 Å². The molecule has 3 rings (SSSR count). The number of nitrogens with one attached hydrogen (secondary N) is 1. The van der Waals surface area contributed by atoms with Crippen LogP contribution in [0.1, 0.15) is 51.9 Å². The summed E-state index contributed by atoms with van der Waals surface area (Å²) in [6.07, 6.45) is 5.76. The molecule has 1 aromatic carbocycles. The lowest BCUT2D eigenvalue weighted by Gasteiger charge is -2.21. The van der Waals surface area contributed by atoms with Crippen LogP contribution in [-0.2, 0) is 19.1 Å². The summed E-state index contributed by atoms with van der Waals surface area (Å²) in [4.78, 5) is 39.0. The van der Waals surface area contributed by atoms with Crippen LogP contribution in [-0.4, -0.2) is 43.6 Å². The molecule has 2 amide bonds. The molecule has 7 heteroatoms. The Hall–Kier alpha value is -2.57. The maximum atomic E-state index is 12.6. The van der Waals surface area contributed by atoms with Crippen molar-refractivity contribution in [2.45, 2.75) is 64.0 Å². The minimum atomic E-state index is -0.874. The van der Waals surface area contributed by atoms with E-state index in [1.807, 2.05) is 12.1 Å². The van der Waals surface area contributed by atoms with Gasteiger partial charge >= 0.3 is 5.97 Å². The smallest absolute Gasteiger partial charge is 0.312 e. The lowest BCUT2D eigenvalue weighted by molar-refractivity contribution is -0.158. The summed E-state index contributed by atoms with van der Waals surface area (Å²) in [7, 11) is 1.54. The number of hydrogen-bond donors (Lipinski definition) is 1. The highest BCUT2D eigenvalue weighted by atomic mass is 16.5. The molecule has 1 aliphatic carbocycles. The molecule has 0 aromatic heterocycles. The number of rotatable bonds is 6. The summed E-state index contributed by atoms with van der Waals surface area (Å²) in [5.41, 5.74) is 0.634. The molecule has 2 aliphatic rings. The van der Waals surface area contributed by atoms with E-state index in [0.29, 0.717) is 11.4 Å². The van der Waals surface area contributed by atoms with Crippen LogP contribution in [0.15, 0.2) is 24.3 Å². The Kier molecular flexibility index (Phi) is 7.12. The predicted octanol–water partition coefficient (Wildman–Crippen LogP) is 2.82. The van der Waals surface area contributed by atoms with Crippen molar-refractivity contribution in [2.75, 3.05) is 18.6 Å². The first-order valence-corrected chi connectivity index (χ1v) is 10.4. The molecule has 0 spiro atoms. The van der Waals surface area contributed by atoms with E-state index in [1.165, 1.54) is 12.8 Å². The Balaban J connectivity index is 1.55. The number of anilines is 1.